The lowest BCUT2D eigenvalue weighted by Gasteiger charge is -2.32. The molecule has 2 N–H and O–H groups in total. The molecule has 5 heteroatoms. The van der Waals surface area contributed by atoms with E-state index in [1.807, 2.05) is 31.2 Å². The van der Waals surface area contributed by atoms with E-state index >= 15 is 0 Å². The van der Waals surface area contributed by atoms with Crippen LogP contribution in [-0.2, 0) is 0 Å². The van der Waals surface area contributed by atoms with Crippen molar-refractivity contribution in [1.82, 2.24) is 4.90 Å². The standard InChI is InChI=1S/C13H19BrF2N2/c1-3-11(17)13(18(2)8-12(15)16)9-5-4-6-10(14)7-9/h4-7,11-13H,3,8,17H2,1-2H3. The van der Waals surface area contributed by atoms with Gasteiger partial charge in [0.15, 0.2) is 0 Å². The van der Waals surface area contributed by atoms with Gasteiger partial charge in [-0.2, -0.15) is 0 Å². The molecule has 0 heterocycles. The predicted octanol–water partition coefficient (Wildman–Crippen LogP) is 3.42. The molecule has 0 fully saturated rings. The summed E-state index contributed by atoms with van der Waals surface area (Å²) in [5.74, 6) is 0. The van der Waals surface area contributed by atoms with Crippen LogP contribution in [0.1, 0.15) is 24.9 Å². The van der Waals surface area contributed by atoms with E-state index in [9.17, 15) is 8.78 Å². The largest absolute Gasteiger partial charge is 0.326 e. The second kappa shape index (κ2) is 7.16. The summed E-state index contributed by atoms with van der Waals surface area (Å²) in [6.07, 6.45) is -1.61. The molecule has 1 rings (SSSR count). The number of likely N-dealkylation sites (N-methyl/N-ethyl adjacent to an activating group) is 1. The molecule has 18 heavy (non-hydrogen) atoms. The van der Waals surface area contributed by atoms with Crippen LogP contribution in [0, 0.1) is 0 Å². The van der Waals surface area contributed by atoms with E-state index in [2.05, 4.69) is 15.9 Å². The zero-order chi connectivity index (χ0) is 13.7. The summed E-state index contributed by atoms with van der Waals surface area (Å²) in [6.45, 7) is 1.69. The highest BCUT2D eigenvalue weighted by Crippen LogP contribution is 2.26. The second-order valence-corrected chi connectivity index (χ2v) is 5.32. The average molecular weight is 321 g/mol. The van der Waals surface area contributed by atoms with Gasteiger partial charge >= 0.3 is 0 Å². The Labute approximate surface area is 115 Å². The lowest BCUT2D eigenvalue weighted by molar-refractivity contribution is 0.0735. The first-order valence-electron chi connectivity index (χ1n) is 5.95. The lowest BCUT2D eigenvalue weighted by atomic mass is 9.97. The third-order valence-corrected chi connectivity index (χ3v) is 3.46. The second-order valence-electron chi connectivity index (χ2n) is 4.40. The third-order valence-electron chi connectivity index (χ3n) is 2.97. The summed E-state index contributed by atoms with van der Waals surface area (Å²) >= 11 is 3.39. The molecule has 0 aliphatic heterocycles. The van der Waals surface area contributed by atoms with Crippen molar-refractivity contribution in [2.24, 2.45) is 5.73 Å². The van der Waals surface area contributed by atoms with E-state index in [4.69, 9.17) is 5.73 Å². The Balaban J connectivity index is 2.97. The maximum Gasteiger partial charge on any atom is 0.251 e. The molecule has 0 saturated carbocycles. The molecule has 0 aliphatic rings. The minimum atomic E-state index is -2.35. The van der Waals surface area contributed by atoms with Crippen LogP contribution in [0.25, 0.3) is 0 Å². The first-order chi connectivity index (χ1) is 8.45. The van der Waals surface area contributed by atoms with Crippen LogP contribution in [0.2, 0.25) is 0 Å². The Kier molecular flexibility index (Phi) is 6.18. The zero-order valence-electron chi connectivity index (χ0n) is 10.6. The van der Waals surface area contributed by atoms with E-state index in [0.29, 0.717) is 0 Å². The summed E-state index contributed by atoms with van der Waals surface area (Å²) in [5, 5.41) is 0. The van der Waals surface area contributed by atoms with Crippen molar-refractivity contribution in [2.75, 3.05) is 13.6 Å². The third kappa shape index (κ3) is 4.30. The highest BCUT2D eigenvalue weighted by molar-refractivity contribution is 9.10. The van der Waals surface area contributed by atoms with Gasteiger partial charge in [0.1, 0.15) is 0 Å². The number of benzene rings is 1. The van der Waals surface area contributed by atoms with Crippen molar-refractivity contribution in [3.63, 3.8) is 0 Å². The van der Waals surface area contributed by atoms with Gasteiger partial charge in [-0.3, -0.25) is 4.90 Å². The van der Waals surface area contributed by atoms with Gasteiger partial charge in [0.2, 0.25) is 0 Å². The maximum absolute atomic E-state index is 12.5. The molecule has 2 nitrogen and oxygen atoms in total. The highest BCUT2D eigenvalue weighted by Gasteiger charge is 2.25. The zero-order valence-corrected chi connectivity index (χ0v) is 12.2. The average Bonchev–Trinajstić information content (AvgIpc) is 2.28. The normalized spacial score (nSPS) is 15.1. The van der Waals surface area contributed by atoms with Crippen molar-refractivity contribution in [3.8, 4) is 0 Å². The molecule has 0 amide bonds. The number of halogens is 3. The Morgan fingerprint density at radius 2 is 2.06 bits per heavy atom. The SMILES string of the molecule is CCC(N)C(c1cccc(Br)c1)N(C)CC(F)F. The molecule has 0 aliphatic carbocycles. The first kappa shape index (κ1) is 15.5. The molecule has 1 aromatic rings. The highest BCUT2D eigenvalue weighted by atomic mass is 79.9. The van der Waals surface area contributed by atoms with Crippen molar-refractivity contribution < 1.29 is 8.78 Å². The topological polar surface area (TPSA) is 29.3 Å². The fraction of sp³-hybridized carbons (Fsp3) is 0.538. The van der Waals surface area contributed by atoms with E-state index < -0.39 is 6.43 Å². The molecule has 0 saturated heterocycles. The van der Waals surface area contributed by atoms with Crippen LogP contribution < -0.4 is 5.73 Å². The van der Waals surface area contributed by atoms with Gasteiger partial charge in [-0.25, -0.2) is 8.78 Å². The Hall–Kier alpha value is -0.520. The van der Waals surface area contributed by atoms with Gasteiger partial charge in [0.05, 0.1) is 6.54 Å². The molecule has 0 bridgehead atoms. The van der Waals surface area contributed by atoms with Gasteiger partial charge in [-0.05, 0) is 31.2 Å². The van der Waals surface area contributed by atoms with Crippen LogP contribution in [0.4, 0.5) is 8.78 Å². The fourth-order valence-corrected chi connectivity index (χ4v) is 2.49. The molecular formula is C13H19BrF2N2. The van der Waals surface area contributed by atoms with Gasteiger partial charge in [0.25, 0.3) is 6.43 Å². The van der Waals surface area contributed by atoms with E-state index in [0.717, 1.165) is 16.5 Å². The molecule has 102 valence electrons. The van der Waals surface area contributed by atoms with Crippen LogP contribution in [0.5, 0.6) is 0 Å². The number of hydrogen-bond acceptors (Lipinski definition) is 2. The van der Waals surface area contributed by atoms with Gasteiger partial charge in [0, 0.05) is 16.6 Å². The molecule has 2 atom stereocenters. The Morgan fingerprint density at radius 3 is 2.56 bits per heavy atom. The van der Waals surface area contributed by atoms with Crippen molar-refractivity contribution in [1.29, 1.82) is 0 Å². The number of hydrogen-bond donors (Lipinski definition) is 1. The van der Waals surface area contributed by atoms with Gasteiger partial charge in [-0.1, -0.05) is 35.0 Å². The lowest BCUT2D eigenvalue weighted by Crippen LogP contribution is -2.40. The summed E-state index contributed by atoms with van der Waals surface area (Å²) in [7, 11) is 1.69. The summed E-state index contributed by atoms with van der Waals surface area (Å²) in [5.41, 5.74) is 7.03. The van der Waals surface area contributed by atoms with Crippen LogP contribution in [-0.4, -0.2) is 31.0 Å². The first-order valence-corrected chi connectivity index (χ1v) is 6.74. The molecule has 0 radical (unpaired) electrons. The summed E-state index contributed by atoms with van der Waals surface area (Å²) in [4.78, 5) is 1.63. The molecule has 1 aromatic carbocycles. The smallest absolute Gasteiger partial charge is 0.251 e. The summed E-state index contributed by atoms with van der Waals surface area (Å²) < 4.78 is 26.0. The van der Waals surface area contributed by atoms with Crippen LogP contribution in [0.15, 0.2) is 28.7 Å². The van der Waals surface area contributed by atoms with Crippen LogP contribution >= 0.6 is 15.9 Å². The Bertz CT molecular complexity index is 374. The molecular weight excluding hydrogens is 302 g/mol. The molecule has 0 aromatic heterocycles. The quantitative estimate of drug-likeness (QED) is 0.870. The minimum Gasteiger partial charge on any atom is -0.326 e. The maximum atomic E-state index is 12.5. The molecule has 0 spiro atoms. The number of alkyl halides is 2. The van der Waals surface area contributed by atoms with Crippen molar-refractivity contribution >= 4 is 15.9 Å². The van der Waals surface area contributed by atoms with Crippen molar-refractivity contribution in [2.45, 2.75) is 31.9 Å². The van der Waals surface area contributed by atoms with Crippen LogP contribution in [0.3, 0.4) is 0 Å². The van der Waals surface area contributed by atoms with Gasteiger partial charge in [-0.15, -0.1) is 0 Å². The number of nitrogens with two attached hydrogens (primary N) is 1. The van der Waals surface area contributed by atoms with Gasteiger partial charge < -0.3 is 5.73 Å². The minimum absolute atomic E-state index is 0.164. The van der Waals surface area contributed by atoms with E-state index in [-0.39, 0.29) is 18.6 Å². The van der Waals surface area contributed by atoms with E-state index in [1.54, 1.807) is 11.9 Å². The molecule has 2 unspecified atom stereocenters. The summed E-state index contributed by atoms with van der Waals surface area (Å²) in [6, 6.07) is 7.30. The monoisotopic (exact) mass is 320 g/mol. The van der Waals surface area contributed by atoms with Crippen molar-refractivity contribution in [3.05, 3.63) is 34.3 Å². The van der Waals surface area contributed by atoms with E-state index in [1.165, 1.54) is 0 Å². The number of rotatable bonds is 6. The predicted molar refractivity (Wildman–Crippen MR) is 73.8 cm³/mol. The number of nitrogens with zero attached hydrogens (tertiary/aromatic N) is 1. The Morgan fingerprint density at radius 1 is 1.39 bits per heavy atom. The fourth-order valence-electron chi connectivity index (χ4n) is 2.07.